The molecular weight excluding hydrogens is 364 g/mol. The molecule has 0 bridgehead atoms. The molecule has 1 aliphatic rings. The highest BCUT2D eigenvalue weighted by molar-refractivity contribution is 6.07. The molecule has 0 saturated carbocycles. The average molecular weight is 386 g/mol. The number of pyridine rings is 1. The molecule has 1 aliphatic heterocycles. The summed E-state index contributed by atoms with van der Waals surface area (Å²) in [6.07, 6.45) is 6.09. The van der Waals surface area contributed by atoms with E-state index in [4.69, 9.17) is 4.52 Å². The molecule has 6 nitrogen and oxygen atoms in total. The maximum absolute atomic E-state index is 13.5. The molecule has 29 heavy (non-hydrogen) atoms. The van der Waals surface area contributed by atoms with Gasteiger partial charge in [0.05, 0.1) is 22.3 Å². The highest BCUT2D eigenvalue weighted by Gasteiger charge is 2.27. The van der Waals surface area contributed by atoms with E-state index in [0.29, 0.717) is 28.4 Å². The van der Waals surface area contributed by atoms with Crippen molar-refractivity contribution in [3.8, 4) is 11.3 Å². The first-order valence-corrected chi connectivity index (χ1v) is 9.95. The Hall–Kier alpha value is -3.41. The van der Waals surface area contributed by atoms with Gasteiger partial charge in [-0.25, -0.2) is 4.98 Å². The Kier molecular flexibility index (Phi) is 4.39. The van der Waals surface area contributed by atoms with Gasteiger partial charge in [0.15, 0.2) is 0 Å². The Morgan fingerprint density at radius 1 is 1.07 bits per heavy atom. The second kappa shape index (κ2) is 7.20. The monoisotopic (exact) mass is 386 g/mol. The normalized spacial score (nSPS) is 15.1. The summed E-state index contributed by atoms with van der Waals surface area (Å²) in [7, 11) is 0. The zero-order valence-corrected chi connectivity index (χ0v) is 16.3. The average Bonchev–Trinajstić information content (AvgIpc) is 3.44. The van der Waals surface area contributed by atoms with Crippen LogP contribution >= 0.6 is 0 Å². The number of fused-ring (bicyclic) bond motifs is 1. The number of amides is 1. The molecule has 1 aromatic carbocycles. The number of hydrogen-bond acceptors (Lipinski definition) is 4. The zero-order chi connectivity index (χ0) is 19.8. The van der Waals surface area contributed by atoms with E-state index in [-0.39, 0.29) is 5.91 Å². The van der Waals surface area contributed by atoms with Crippen molar-refractivity contribution < 1.29 is 9.32 Å². The fourth-order valence-electron chi connectivity index (χ4n) is 4.15. The Balaban J connectivity index is 1.47. The second-order valence-electron chi connectivity index (χ2n) is 7.52. The molecule has 0 N–H and O–H groups in total. The van der Waals surface area contributed by atoms with Crippen LogP contribution < -0.4 is 0 Å². The van der Waals surface area contributed by atoms with Crippen LogP contribution in [0.5, 0.6) is 0 Å². The van der Waals surface area contributed by atoms with Crippen LogP contribution in [0.25, 0.3) is 22.4 Å². The molecule has 1 saturated heterocycles. The number of aromatic nitrogens is 3. The van der Waals surface area contributed by atoms with E-state index in [2.05, 4.69) is 27.1 Å². The van der Waals surface area contributed by atoms with Crippen molar-refractivity contribution in [1.82, 2.24) is 19.6 Å². The molecule has 6 heteroatoms. The zero-order valence-electron chi connectivity index (χ0n) is 16.3. The fourth-order valence-corrected chi connectivity index (χ4v) is 4.15. The lowest BCUT2D eigenvalue weighted by Gasteiger charge is -2.33. The summed E-state index contributed by atoms with van der Waals surface area (Å²) in [6, 6.07) is 16.3. The Bertz CT molecular complexity index is 1140. The van der Waals surface area contributed by atoms with Gasteiger partial charge >= 0.3 is 0 Å². The third kappa shape index (κ3) is 3.20. The van der Waals surface area contributed by atoms with E-state index in [1.54, 1.807) is 0 Å². The van der Waals surface area contributed by atoms with Gasteiger partial charge in [0, 0.05) is 37.1 Å². The van der Waals surface area contributed by atoms with E-state index in [9.17, 15) is 4.79 Å². The Labute approximate surface area is 168 Å². The molecule has 1 fully saturated rings. The minimum atomic E-state index is 0.0202. The molecule has 0 unspecified atom stereocenters. The van der Waals surface area contributed by atoms with Crippen LogP contribution in [0.15, 0.2) is 65.4 Å². The van der Waals surface area contributed by atoms with Gasteiger partial charge in [-0.2, -0.15) is 0 Å². The lowest BCUT2D eigenvalue weighted by molar-refractivity contribution is 0.0696. The van der Waals surface area contributed by atoms with Gasteiger partial charge in [0.2, 0.25) is 0 Å². The van der Waals surface area contributed by atoms with Crippen LogP contribution in [0.4, 0.5) is 0 Å². The van der Waals surface area contributed by atoms with Crippen molar-refractivity contribution >= 4 is 17.0 Å². The van der Waals surface area contributed by atoms with E-state index in [0.717, 1.165) is 37.2 Å². The van der Waals surface area contributed by atoms with Crippen LogP contribution in [0.3, 0.4) is 0 Å². The van der Waals surface area contributed by atoms with Gasteiger partial charge in [-0.3, -0.25) is 4.79 Å². The van der Waals surface area contributed by atoms with Crippen molar-refractivity contribution in [3.63, 3.8) is 0 Å². The number of piperidine rings is 1. The summed E-state index contributed by atoms with van der Waals surface area (Å²) in [5.41, 5.74) is 3.39. The van der Waals surface area contributed by atoms with Crippen molar-refractivity contribution in [2.75, 3.05) is 13.1 Å². The second-order valence-corrected chi connectivity index (χ2v) is 7.52. The summed E-state index contributed by atoms with van der Waals surface area (Å²) in [4.78, 5) is 20.0. The molecule has 4 heterocycles. The van der Waals surface area contributed by atoms with E-state index in [1.807, 2.05) is 60.4 Å². The maximum Gasteiger partial charge on any atom is 0.259 e. The van der Waals surface area contributed by atoms with Gasteiger partial charge in [-0.05, 0) is 38.0 Å². The van der Waals surface area contributed by atoms with Crippen LogP contribution in [0.2, 0.25) is 0 Å². The van der Waals surface area contributed by atoms with Crippen molar-refractivity contribution in [2.24, 2.45) is 0 Å². The van der Waals surface area contributed by atoms with Gasteiger partial charge in [0.25, 0.3) is 11.6 Å². The lowest BCUT2D eigenvalue weighted by atomic mass is 10.0. The minimum Gasteiger partial charge on any atom is -0.351 e. The molecule has 0 atom stereocenters. The number of aryl methyl sites for hydroxylation is 1. The topological polar surface area (TPSA) is 64.2 Å². The fraction of sp³-hybridized carbons (Fsp3) is 0.261. The molecule has 1 amide bonds. The lowest BCUT2D eigenvalue weighted by Crippen LogP contribution is -2.39. The van der Waals surface area contributed by atoms with Crippen molar-refractivity contribution in [2.45, 2.75) is 25.8 Å². The van der Waals surface area contributed by atoms with E-state index >= 15 is 0 Å². The first-order chi connectivity index (χ1) is 14.2. The standard InChI is InChI=1S/C23H22N4O2/c1-16-21-19(15-20(24-22(21)29-25-16)17-7-3-2-4-8-17)23(28)27-13-9-18(10-14-27)26-11-5-6-12-26/h2-8,11-12,15,18H,9-10,13-14H2,1H3. The molecule has 0 aliphatic carbocycles. The smallest absolute Gasteiger partial charge is 0.259 e. The number of nitrogens with zero attached hydrogens (tertiary/aromatic N) is 4. The summed E-state index contributed by atoms with van der Waals surface area (Å²) in [5.74, 6) is 0.0202. The van der Waals surface area contributed by atoms with Crippen molar-refractivity contribution in [3.05, 3.63) is 72.2 Å². The van der Waals surface area contributed by atoms with Crippen LogP contribution in [-0.4, -0.2) is 38.6 Å². The van der Waals surface area contributed by atoms with Crippen LogP contribution in [0.1, 0.15) is 34.9 Å². The molecule has 3 aromatic heterocycles. The summed E-state index contributed by atoms with van der Waals surface area (Å²) in [6.45, 7) is 3.32. The molecule has 0 radical (unpaired) electrons. The maximum atomic E-state index is 13.5. The predicted molar refractivity (Wildman–Crippen MR) is 111 cm³/mol. The number of hydrogen-bond donors (Lipinski definition) is 0. The highest BCUT2D eigenvalue weighted by Crippen LogP contribution is 2.30. The first-order valence-electron chi connectivity index (χ1n) is 9.95. The summed E-state index contributed by atoms with van der Waals surface area (Å²) < 4.78 is 7.66. The predicted octanol–water partition coefficient (Wildman–Crippen LogP) is 4.48. The van der Waals surface area contributed by atoms with E-state index in [1.165, 1.54) is 0 Å². The number of carbonyl (C=O) groups excluding carboxylic acids is 1. The minimum absolute atomic E-state index is 0.0202. The van der Waals surface area contributed by atoms with Crippen LogP contribution in [-0.2, 0) is 0 Å². The number of carbonyl (C=O) groups is 1. The molecule has 146 valence electrons. The summed E-state index contributed by atoms with van der Waals surface area (Å²) >= 11 is 0. The number of benzene rings is 1. The Morgan fingerprint density at radius 3 is 2.52 bits per heavy atom. The molecule has 4 aromatic rings. The highest BCUT2D eigenvalue weighted by atomic mass is 16.5. The molecule has 0 spiro atoms. The van der Waals surface area contributed by atoms with Gasteiger partial charge in [-0.1, -0.05) is 35.5 Å². The third-order valence-corrected chi connectivity index (χ3v) is 5.72. The molecular formula is C23H22N4O2. The van der Waals surface area contributed by atoms with E-state index < -0.39 is 0 Å². The largest absolute Gasteiger partial charge is 0.351 e. The number of likely N-dealkylation sites (tertiary alicyclic amines) is 1. The van der Waals surface area contributed by atoms with Crippen LogP contribution in [0, 0.1) is 6.92 Å². The third-order valence-electron chi connectivity index (χ3n) is 5.72. The molecule has 5 rings (SSSR count). The quantitative estimate of drug-likeness (QED) is 0.521. The number of rotatable bonds is 3. The summed E-state index contributed by atoms with van der Waals surface area (Å²) in [5, 5.41) is 4.76. The van der Waals surface area contributed by atoms with Gasteiger partial charge < -0.3 is 14.0 Å². The van der Waals surface area contributed by atoms with Crippen molar-refractivity contribution in [1.29, 1.82) is 0 Å². The SMILES string of the molecule is Cc1noc2nc(-c3ccccc3)cc(C(=O)N3CCC(n4cccc4)CC3)c12. The van der Waals surface area contributed by atoms with Gasteiger partial charge in [0.1, 0.15) is 0 Å². The van der Waals surface area contributed by atoms with Gasteiger partial charge in [-0.15, -0.1) is 0 Å². The first kappa shape index (κ1) is 17.7. The Morgan fingerprint density at radius 2 is 1.79 bits per heavy atom.